The summed E-state index contributed by atoms with van der Waals surface area (Å²) in [6, 6.07) is 0. The van der Waals surface area contributed by atoms with E-state index in [1.165, 1.54) is 0 Å². The Labute approximate surface area is 83.9 Å². The number of carbonyl (C=O) groups is 1. The van der Waals surface area contributed by atoms with E-state index in [-0.39, 0.29) is 25.0 Å². The first-order valence-corrected chi connectivity index (χ1v) is 4.68. The summed E-state index contributed by atoms with van der Waals surface area (Å²) in [5.74, 6) is -0.259. The van der Waals surface area contributed by atoms with Crippen LogP contribution in [0.1, 0.15) is 19.8 Å². The van der Waals surface area contributed by atoms with E-state index in [4.69, 9.17) is 20.1 Å². The van der Waals surface area contributed by atoms with E-state index < -0.39 is 5.97 Å². The van der Waals surface area contributed by atoms with Crippen LogP contribution in [0, 0.1) is 11.8 Å². The van der Waals surface area contributed by atoms with Gasteiger partial charge in [0.1, 0.15) is 0 Å². The maximum atomic E-state index is 9.00. The van der Waals surface area contributed by atoms with Crippen LogP contribution in [-0.2, 0) is 4.79 Å². The molecule has 0 aliphatic heterocycles. The van der Waals surface area contributed by atoms with E-state index >= 15 is 0 Å². The molecule has 1 aliphatic rings. The average molecular weight is 202 g/mol. The van der Waals surface area contributed by atoms with Crippen molar-refractivity contribution in [2.75, 3.05) is 13.2 Å². The summed E-state index contributed by atoms with van der Waals surface area (Å²) in [6.07, 6.45) is 5.99. The molecule has 4 heteroatoms. The molecule has 3 N–H and O–H groups in total. The minimum Gasteiger partial charge on any atom is -0.481 e. The van der Waals surface area contributed by atoms with Crippen LogP contribution in [0.4, 0.5) is 0 Å². The normalized spacial score (nSPS) is 25.1. The van der Waals surface area contributed by atoms with Gasteiger partial charge in [0.2, 0.25) is 0 Å². The number of allylic oxidation sites excluding steroid dienone is 2. The molecule has 0 amide bonds. The molecule has 4 nitrogen and oxygen atoms in total. The quantitative estimate of drug-likeness (QED) is 0.574. The molecule has 0 saturated heterocycles. The van der Waals surface area contributed by atoms with Crippen molar-refractivity contribution in [3.05, 3.63) is 12.2 Å². The molecule has 2 atom stereocenters. The predicted octanol–water partition coefficient (Wildman–Crippen LogP) is 0.644. The average Bonchev–Trinajstić information content (AvgIpc) is 2.17. The van der Waals surface area contributed by atoms with Crippen LogP contribution < -0.4 is 0 Å². The lowest BCUT2D eigenvalue weighted by molar-refractivity contribution is -0.134. The molecular weight excluding hydrogens is 184 g/mol. The van der Waals surface area contributed by atoms with Crippen molar-refractivity contribution in [3.8, 4) is 0 Å². The Morgan fingerprint density at radius 3 is 1.71 bits per heavy atom. The van der Waals surface area contributed by atoms with Crippen LogP contribution in [0.3, 0.4) is 0 Å². The van der Waals surface area contributed by atoms with Gasteiger partial charge in [-0.2, -0.15) is 0 Å². The second-order valence-electron chi connectivity index (χ2n) is 3.35. The van der Waals surface area contributed by atoms with Gasteiger partial charge in [-0.3, -0.25) is 4.79 Å². The van der Waals surface area contributed by atoms with Gasteiger partial charge in [-0.15, -0.1) is 0 Å². The zero-order chi connectivity index (χ0) is 11.0. The van der Waals surface area contributed by atoms with E-state index in [1.54, 1.807) is 0 Å². The van der Waals surface area contributed by atoms with E-state index in [9.17, 15) is 0 Å². The highest BCUT2D eigenvalue weighted by molar-refractivity contribution is 5.62. The van der Waals surface area contributed by atoms with Crippen molar-refractivity contribution in [2.24, 2.45) is 11.8 Å². The lowest BCUT2D eigenvalue weighted by Gasteiger charge is -2.24. The van der Waals surface area contributed by atoms with Gasteiger partial charge in [-0.05, 0) is 24.7 Å². The molecule has 0 unspecified atom stereocenters. The lowest BCUT2D eigenvalue weighted by Crippen LogP contribution is -2.23. The number of aliphatic hydroxyl groups is 2. The van der Waals surface area contributed by atoms with Crippen LogP contribution in [-0.4, -0.2) is 34.5 Å². The Kier molecular flexibility index (Phi) is 7.06. The summed E-state index contributed by atoms with van der Waals surface area (Å²) in [4.78, 5) is 9.00. The molecule has 0 heterocycles. The van der Waals surface area contributed by atoms with Crippen LogP contribution in [0.2, 0.25) is 0 Å². The Morgan fingerprint density at radius 1 is 1.21 bits per heavy atom. The van der Waals surface area contributed by atoms with E-state index in [1.807, 2.05) is 0 Å². The molecule has 0 aromatic heterocycles. The topological polar surface area (TPSA) is 77.8 Å². The maximum Gasteiger partial charge on any atom is 0.300 e. The monoisotopic (exact) mass is 202 g/mol. The highest BCUT2D eigenvalue weighted by Crippen LogP contribution is 2.23. The van der Waals surface area contributed by atoms with Gasteiger partial charge in [-0.25, -0.2) is 0 Å². The molecule has 0 saturated carbocycles. The summed E-state index contributed by atoms with van der Waals surface area (Å²) < 4.78 is 0. The standard InChI is InChI=1S/C8H14O2.C2H4O2/c9-5-7-3-1-2-4-8(7)6-10;1-2(3)4/h1-2,7-10H,3-6H2;1H3,(H,3,4)/t7-,8+;. The Bertz CT molecular complexity index is 171. The second-order valence-corrected chi connectivity index (χ2v) is 3.35. The van der Waals surface area contributed by atoms with E-state index in [0.29, 0.717) is 0 Å². The minimum atomic E-state index is -0.833. The van der Waals surface area contributed by atoms with Gasteiger partial charge in [-0.1, -0.05) is 12.2 Å². The molecule has 0 spiro atoms. The van der Waals surface area contributed by atoms with Crippen LogP contribution in [0.25, 0.3) is 0 Å². The van der Waals surface area contributed by atoms with Gasteiger partial charge in [0.25, 0.3) is 5.97 Å². The summed E-state index contributed by atoms with van der Waals surface area (Å²) in [5, 5.41) is 25.1. The van der Waals surface area contributed by atoms with Crippen LogP contribution >= 0.6 is 0 Å². The van der Waals surface area contributed by atoms with Crippen molar-refractivity contribution in [2.45, 2.75) is 19.8 Å². The molecule has 0 fully saturated rings. The fourth-order valence-electron chi connectivity index (χ4n) is 1.37. The smallest absolute Gasteiger partial charge is 0.300 e. The molecule has 0 aromatic rings. The van der Waals surface area contributed by atoms with Crippen molar-refractivity contribution in [1.29, 1.82) is 0 Å². The highest BCUT2D eigenvalue weighted by atomic mass is 16.4. The number of aliphatic hydroxyl groups excluding tert-OH is 2. The van der Waals surface area contributed by atoms with Crippen LogP contribution in [0.15, 0.2) is 12.2 Å². The fraction of sp³-hybridized carbons (Fsp3) is 0.700. The number of aliphatic carboxylic acids is 1. The lowest BCUT2D eigenvalue weighted by atomic mass is 9.84. The third kappa shape index (κ3) is 5.72. The van der Waals surface area contributed by atoms with Crippen molar-refractivity contribution in [1.82, 2.24) is 0 Å². The highest BCUT2D eigenvalue weighted by Gasteiger charge is 2.20. The molecule has 0 radical (unpaired) electrons. The molecule has 0 aromatic carbocycles. The fourth-order valence-corrected chi connectivity index (χ4v) is 1.37. The zero-order valence-electron chi connectivity index (χ0n) is 8.39. The molecule has 1 rings (SSSR count). The Hall–Kier alpha value is -0.870. The van der Waals surface area contributed by atoms with Gasteiger partial charge < -0.3 is 15.3 Å². The van der Waals surface area contributed by atoms with Gasteiger partial charge in [0, 0.05) is 20.1 Å². The largest absolute Gasteiger partial charge is 0.481 e. The predicted molar refractivity (Wildman–Crippen MR) is 52.8 cm³/mol. The maximum absolute atomic E-state index is 9.00. The number of rotatable bonds is 2. The summed E-state index contributed by atoms with van der Waals surface area (Å²) >= 11 is 0. The van der Waals surface area contributed by atoms with Gasteiger partial charge >= 0.3 is 0 Å². The SMILES string of the molecule is CC(=O)O.OC[C@@H]1CC=CC[C@@H]1CO. The van der Waals surface area contributed by atoms with Gasteiger partial charge in [0.15, 0.2) is 0 Å². The van der Waals surface area contributed by atoms with Crippen molar-refractivity contribution in [3.63, 3.8) is 0 Å². The van der Waals surface area contributed by atoms with Crippen molar-refractivity contribution >= 4 is 5.97 Å². The summed E-state index contributed by atoms with van der Waals surface area (Å²) in [6.45, 7) is 1.49. The zero-order valence-corrected chi connectivity index (χ0v) is 8.39. The first kappa shape index (κ1) is 13.1. The summed E-state index contributed by atoms with van der Waals surface area (Å²) in [5.41, 5.74) is 0. The third-order valence-electron chi connectivity index (χ3n) is 2.18. The molecule has 1 aliphatic carbocycles. The summed E-state index contributed by atoms with van der Waals surface area (Å²) in [7, 11) is 0. The van der Waals surface area contributed by atoms with E-state index in [2.05, 4.69) is 12.2 Å². The Balaban J connectivity index is 0.000000364. The molecule has 82 valence electrons. The molecular formula is C10H18O4. The number of carboxylic acid groups (broad SMARTS) is 1. The number of hydrogen-bond donors (Lipinski definition) is 3. The number of hydrogen-bond acceptors (Lipinski definition) is 3. The minimum absolute atomic E-state index is 0.204. The molecule has 0 bridgehead atoms. The molecule has 14 heavy (non-hydrogen) atoms. The first-order valence-electron chi connectivity index (χ1n) is 4.68. The van der Waals surface area contributed by atoms with Crippen molar-refractivity contribution < 1.29 is 20.1 Å². The van der Waals surface area contributed by atoms with E-state index in [0.717, 1.165) is 19.8 Å². The number of carboxylic acids is 1. The van der Waals surface area contributed by atoms with Gasteiger partial charge in [0.05, 0.1) is 0 Å². The second kappa shape index (κ2) is 7.53. The third-order valence-corrected chi connectivity index (χ3v) is 2.18. The first-order chi connectivity index (χ1) is 6.61. The van der Waals surface area contributed by atoms with Crippen LogP contribution in [0.5, 0.6) is 0 Å². The Morgan fingerprint density at radius 2 is 1.50 bits per heavy atom.